The Labute approximate surface area is 243 Å². The fourth-order valence-electron chi connectivity index (χ4n) is 3.86. The number of hydrogen-bond acceptors (Lipinski definition) is 8. The third-order valence-corrected chi connectivity index (χ3v) is 11.6. The lowest BCUT2D eigenvalue weighted by Gasteiger charge is -2.34. The van der Waals surface area contributed by atoms with Crippen LogP contribution >= 0.6 is 0 Å². The van der Waals surface area contributed by atoms with E-state index in [0.29, 0.717) is 11.4 Å². The van der Waals surface area contributed by atoms with Crippen molar-refractivity contribution in [2.75, 3.05) is 0 Å². The smallest absolute Gasteiger partial charge is 0.367 e. The van der Waals surface area contributed by atoms with Gasteiger partial charge >= 0.3 is 17.6 Å². The number of hydrogen-bond donors (Lipinski definition) is 0. The molecule has 0 N–H and O–H groups in total. The first kappa shape index (κ1) is 34.3. The second kappa shape index (κ2) is 15.3. The van der Waals surface area contributed by atoms with Crippen LogP contribution in [0.15, 0.2) is 36.7 Å². The zero-order chi connectivity index (χ0) is 30.1. The number of pyridine rings is 2. The summed E-state index contributed by atoms with van der Waals surface area (Å²) in [5.74, 6) is 6.21. The van der Waals surface area contributed by atoms with Gasteiger partial charge < -0.3 is 26.6 Å². The first-order valence-electron chi connectivity index (χ1n) is 14.2. The second-order valence-corrected chi connectivity index (χ2v) is 16.0. The molecule has 8 nitrogen and oxygen atoms in total. The Morgan fingerprint density at radius 1 is 0.450 bits per heavy atom. The number of rotatable bonds is 14. The van der Waals surface area contributed by atoms with E-state index in [1.165, 1.54) is 0 Å². The topological polar surface area (TPSA) is 81.2 Å². The highest BCUT2D eigenvalue weighted by atomic mass is 28.4. The van der Waals surface area contributed by atoms with Gasteiger partial charge in [0.1, 0.15) is 11.4 Å². The minimum Gasteiger partial charge on any atom is -0.367 e. The van der Waals surface area contributed by atoms with Crippen molar-refractivity contribution < 1.29 is 26.6 Å². The lowest BCUT2D eigenvalue weighted by atomic mass is 10.3. The summed E-state index contributed by atoms with van der Waals surface area (Å²) in [6, 6.07) is 7.58. The van der Waals surface area contributed by atoms with Crippen LogP contribution in [0.25, 0.3) is 0 Å². The number of aromatic nitrogens is 2. The van der Waals surface area contributed by atoms with Crippen molar-refractivity contribution in [2.24, 2.45) is 0 Å². The van der Waals surface area contributed by atoms with Crippen molar-refractivity contribution in [3.8, 4) is 11.8 Å². The highest BCUT2D eigenvalue weighted by molar-refractivity contribution is 6.76. The molecule has 0 fully saturated rings. The summed E-state index contributed by atoms with van der Waals surface area (Å²) in [6.07, 6.45) is 3.09. The molecular formula is C30H48N2O6Si2. The Hall–Kier alpha value is -1.95. The van der Waals surface area contributed by atoms with Crippen molar-refractivity contribution >= 4 is 28.0 Å². The standard InChI is InChI=1S/C30H48N2O6Si2/c1-21(2)33-39(34-22(3)4,35-23(5)6)29-17-15-27(31-19-29)13-14-28-16-18-30(20-32-28)40(36-24(7)8,37-25(9)10)38-26(11)12/h15-26H,1-12H3. The van der Waals surface area contributed by atoms with Gasteiger partial charge in [-0.1, -0.05) is 12.1 Å². The molecule has 2 rings (SSSR count). The van der Waals surface area contributed by atoms with Gasteiger partial charge in [-0.05, 0) is 107 Å². The summed E-state index contributed by atoms with van der Waals surface area (Å²) in [5.41, 5.74) is 1.21. The van der Waals surface area contributed by atoms with Crippen LogP contribution in [0.3, 0.4) is 0 Å². The molecule has 2 aromatic rings. The largest absolute Gasteiger partial charge is 0.539 e. The van der Waals surface area contributed by atoms with Crippen molar-refractivity contribution in [1.82, 2.24) is 9.97 Å². The number of nitrogens with zero attached hydrogens (tertiary/aromatic N) is 2. The monoisotopic (exact) mass is 588 g/mol. The summed E-state index contributed by atoms with van der Waals surface area (Å²) in [4.78, 5) is 9.15. The SMILES string of the molecule is CC(C)O[Si](OC(C)C)(OC(C)C)c1ccc(C#Cc2ccc([Si](OC(C)C)(OC(C)C)OC(C)C)cn2)nc1. The molecule has 0 aromatic carbocycles. The quantitative estimate of drug-likeness (QED) is 0.232. The van der Waals surface area contributed by atoms with Gasteiger partial charge in [-0.15, -0.1) is 0 Å². The first-order valence-corrected chi connectivity index (χ1v) is 17.6. The summed E-state index contributed by atoms with van der Waals surface area (Å²) in [6.45, 7) is 23.7. The molecule has 0 radical (unpaired) electrons. The van der Waals surface area contributed by atoms with Gasteiger partial charge in [-0.25, -0.2) is 9.97 Å². The zero-order valence-corrected chi connectivity index (χ0v) is 28.3. The van der Waals surface area contributed by atoms with Crippen molar-refractivity contribution in [3.63, 3.8) is 0 Å². The molecule has 40 heavy (non-hydrogen) atoms. The van der Waals surface area contributed by atoms with Gasteiger partial charge in [-0.2, -0.15) is 0 Å². The summed E-state index contributed by atoms with van der Waals surface area (Å²) in [5, 5.41) is 1.61. The highest BCUT2D eigenvalue weighted by Gasteiger charge is 2.48. The van der Waals surface area contributed by atoms with Crippen molar-refractivity contribution in [3.05, 3.63) is 48.0 Å². The van der Waals surface area contributed by atoms with Gasteiger partial charge in [0.2, 0.25) is 0 Å². The molecule has 0 atom stereocenters. The van der Waals surface area contributed by atoms with E-state index in [2.05, 4.69) is 21.8 Å². The molecule has 0 aliphatic rings. The van der Waals surface area contributed by atoms with Crippen LogP contribution in [0.2, 0.25) is 0 Å². The third-order valence-electron chi connectivity index (χ3n) is 4.90. The molecule has 0 saturated carbocycles. The molecule has 10 heteroatoms. The van der Waals surface area contributed by atoms with Gasteiger partial charge in [0.05, 0.1) is 0 Å². The molecule has 0 unspecified atom stereocenters. The molecule has 0 aliphatic carbocycles. The van der Waals surface area contributed by atoms with Crippen LogP contribution in [0.5, 0.6) is 0 Å². The third kappa shape index (κ3) is 10.5. The molecule has 0 amide bonds. The fraction of sp³-hybridized carbons (Fsp3) is 0.600. The first-order chi connectivity index (χ1) is 18.7. The van der Waals surface area contributed by atoms with Crippen LogP contribution in [-0.4, -0.2) is 64.2 Å². The van der Waals surface area contributed by atoms with Gasteiger partial charge in [0.25, 0.3) is 0 Å². The molecule has 2 heterocycles. The van der Waals surface area contributed by atoms with E-state index in [9.17, 15) is 0 Å². The summed E-state index contributed by atoms with van der Waals surface area (Å²) in [7, 11) is -6.37. The molecule has 0 bridgehead atoms. The Morgan fingerprint density at radius 2 is 0.700 bits per heavy atom. The normalized spacial score (nSPS) is 12.8. The summed E-state index contributed by atoms with van der Waals surface area (Å²) >= 11 is 0. The van der Waals surface area contributed by atoms with E-state index >= 15 is 0 Å². The highest BCUT2D eigenvalue weighted by Crippen LogP contribution is 2.19. The Kier molecular flexibility index (Phi) is 13.1. The van der Waals surface area contributed by atoms with E-state index < -0.39 is 17.6 Å². The van der Waals surface area contributed by atoms with Gasteiger partial charge in [0, 0.05) is 59.4 Å². The second-order valence-electron chi connectivity index (χ2n) is 11.2. The maximum absolute atomic E-state index is 6.31. The minimum absolute atomic E-state index is 0.0673. The maximum atomic E-state index is 6.31. The Bertz CT molecular complexity index is 955. The van der Waals surface area contributed by atoms with Crippen LogP contribution in [0.1, 0.15) is 94.5 Å². The molecule has 0 spiro atoms. The minimum atomic E-state index is -3.19. The van der Waals surface area contributed by atoms with Crippen LogP contribution in [0.4, 0.5) is 0 Å². The zero-order valence-electron chi connectivity index (χ0n) is 26.3. The Balaban J connectivity index is 2.36. The van der Waals surface area contributed by atoms with Gasteiger partial charge in [0.15, 0.2) is 0 Å². The van der Waals surface area contributed by atoms with Crippen LogP contribution < -0.4 is 10.4 Å². The molecule has 222 valence electrons. The predicted octanol–water partition coefficient (Wildman–Crippen LogP) is 4.72. The fourth-order valence-corrected chi connectivity index (χ4v) is 9.76. The van der Waals surface area contributed by atoms with Gasteiger partial charge in [-0.3, -0.25) is 0 Å². The van der Waals surface area contributed by atoms with E-state index in [1.807, 2.05) is 107 Å². The Morgan fingerprint density at radius 3 is 0.875 bits per heavy atom. The van der Waals surface area contributed by atoms with Crippen molar-refractivity contribution in [2.45, 2.75) is 120 Å². The molecule has 0 aliphatic heterocycles. The van der Waals surface area contributed by atoms with Crippen LogP contribution in [0, 0.1) is 11.8 Å². The molecule has 0 saturated heterocycles. The maximum Gasteiger partial charge on any atom is 0.539 e. The average Bonchev–Trinajstić information content (AvgIpc) is 2.80. The average molecular weight is 589 g/mol. The van der Waals surface area contributed by atoms with E-state index in [0.717, 1.165) is 10.4 Å². The lowest BCUT2D eigenvalue weighted by molar-refractivity contribution is 0.0142. The summed E-state index contributed by atoms with van der Waals surface area (Å²) < 4.78 is 37.8. The van der Waals surface area contributed by atoms with E-state index in [-0.39, 0.29) is 36.6 Å². The van der Waals surface area contributed by atoms with Crippen LogP contribution in [-0.2, 0) is 26.6 Å². The molecular weight excluding hydrogens is 541 g/mol. The van der Waals surface area contributed by atoms with E-state index in [1.54, 1.807) is 12.4 Å². The lowest BCUT2D eigenvalue weighted by Crippen LogP contribution is -2.60. The van der Waals surface area contributed by atoms with Crippen molar-refractivity contribution in [1.29, 1.82) is 0 Å². The van der Waals surface area contributed by atoms with E-state index in [4.69, 9.17) is 26.6 Å². The molecule has 2 aromatic heterocycles. The predicted molar refractivity (Wildman–Crippen MR) is 163 cm³/mol.